The van der Waals surface area contributed by atoms with Crippen LogP contribution >= 0.6 is 11.6 Å². The Labute approximate surface area is 128 Å². The van der Waals surface area contributed by atoms with Gasteiger partial charge in [-0.15, -0.1) is 11.6 Å². The molecular formula is C18H21ClSi. The summed E-state index contributed by atoms with van der Waals surface area (Å²) >= 11 is 5.95. The summed E-state index contributed by atoms with van der Waals surface area (Å²) in [6, 6.07) is 20.3. The van der Waals surface area contributed by atoms with E-state index >= 15 is 0 Å². The molecule has 0 N–H and O–H groups in total. The Balaban J connectivity index is 2.33. The Bertz CT molecular complexity index is 587. The van der Waals surface area contributed by atoms with E-state index in [1.807, 2.05) is 6.07 Å². The summed E-state index contributed by atoms with van der Waals surface area (Å²) in [4.78, 5) is 0. The summed E-state index contributed by atoms with van der Waals surface area (Å²) < 4.78 is 0. The molecule has 0 spiro atoms. The minimum Gasteiger partial charge on any atom is -0.127 e. The van der Waals surface area contributed by atoms with Gasteiger partial charge < -0.3 is 0 Å². The van der Waals surface area contributed by atoms with Crippen LogP contribution in [0.1, 0.15) is 11.1 Å². The molecule has 0 saturated carbocycles. The topological polar surface area (TPSA) is 0 Å². The van der Waals surface area contributed by atoms with Crippen LogP contribution in [-0.2, 0) is 0 Å². The van der Waals surface area contributed by atoms with Gasteiger partial charge in [0.15, 0.2) is 0 Å². The van der Waals surface area contributed by atoms with Crippen LogP contribution < -0.4 is 5.19 Å². The standard InChI is InChI=1S/C18H21ClSi/c1-15(16-8-5-4-6-9-16)17-10-7-11-18(14-17)20(2,3)13-12-19/h4-11,14H,1,12-13H2,2-3H3. The smallest absolute Gasteiger partial charge is 0.0818 e. The maximum Gasteiger partial charge on any atom is 0.0818 e. The number of alkyl halides is 1. The van der Waals surface area contributed by atoms with Crippen molar-refractivity contribution in [2.24, 2.45) is 0 Å². The summed E-state index contributed by atoms with van der Waals surface area (Å²) in [5.41, 5.74) is 3.48. The van der Waals surface area contributed by atoms with Crippen molar-refractivity contribution in [1.29, 1.82) is 0 Å². The fourth-order valence-electron chi connectivity index (χ4n) is 2.31. The average molecular weight is 301 g/mol. The van der Waals surface area contributed by atoms with Gasteiger partial charge in [0.1, 0.15) is 0 Å². The van der Waals surface area contributed by atoms with Crippen molar-refractivity contribution in [3.8, 4) is 0 Å². The van der Waals surface area contributed by atoms with Gasteiger partial charge in [0.05, 0.1) is 8.07 Å². The van der Waals surface area contributed by atoms with Crippen molar-refractivity contribution in [3.05, 3.63) is 72.3 Å². The Morgan fingerprint density at radius 1 is 1.00 bits per heavy atom. The summed E-state index contributed by atoms with van der Waals surface area (Å²) in [6.45, 7) is 9.00. The van der Waals surface area contributed by atoms with Crippen LogP contribution in [-0.4, -0.2) is 14.0 Å². The number of hydrogen-bond acceptors (Lipinski definition) is 0. The second kappa shape index (κ2) is 6.42. The first-order valence-corrected chi connectivity index (χ1v) is 10.7. The molecule has 0 amide bonds. The van der Waals surface area contributed by atoms with Gasteiger partial charge in [-0.25, -0.2) is 0 Å². The van der Waals surface area contributed by atoms with Gasteiger partial charge in [-0.1, -0.05) is 79.5 Å². The highest BCUT2D eigenvalue weighted by atomic mass is 35.5. The van der Waals surface area contributed by atoms with Crippen molar-refractivity contribution < 1.29 is 0 Å². The van der Waals surface area contributed by atoms with Crippen LogP contribution in [0.3, 0.4) is 0 Å². The molecule has 2 aromatic rings. The summed E-state index contributed by atoms with van der Waals surface area (Å²) in [6.07, 6.45) is 0. The highest BCUT2D eigenvalue weighted by molar-refractivity contribution is 6.90. The summed E-state index contributed by atoms with van der Waals surface area (Å²) in [5, 5.41) is 1.45. The Kier molecular flexibility index (Phi) is 4.85. The second-order valence-corrected chi connectivity index (χ2v) is 11.0. The minimum atomic E-state index is -1.43. The fourth-order valence-corrected chi connectivity index (χ4v) is 5.59. The Hall–Kier alpha value is -1.31. The molecule has 0 atom stereocenters. The lowest BCUT2D eigenvalue weighted by atomic mass is 10.00. The first-order valence-electron chi connectivity index (χ1n) is 6.96. The molecular weight excluding hydrogens is 280 g/mol. The van der Waals surface area contributed by atoms with Crippen LogP contribution in [0.5, 0.6) is 0 Å². The number of hydrogen-bond donors (Lipinski definition) is 0. The lowest BCUT2D eigenvalue weighted by Crippen LogP contribution is -2.41. The SMILES string of the molecule is C=C(c1ccccc1)c1cccc([Si](C)(C)CCCl)c1. The first kappa shape index (κ1) is 15.1. The van der Waals surface area contributed by atoms with Gasteiger partial charge in [0.25, 0.3) is 0 Å². The Morgan fingerprint density at radius 3 is 2.30 bits per heavy atom. The van der Waals surface area contributed by atoms with Crippen molar-refractivity contribution in [2.75, 3.05) is 5.88 Å². The zero-order valence-electron chi connectivity index (χ0n) is 12.2. The van der Waals surface area contributed by atoms with Gasteiger partial charge in [-0.2, -0.15) is 0 Å². The molecule has 2 heteroatoms. The third-order valence-corrected chi connectivity index (χ3v) is 7.71. The second-order valence-electron chi connectivity index (χ2n) is 5.75. The van der Waals surface area contributed by atoms with E-state index in [-0.39, 0.29) is 0 Å². The van der Waals surface area contributed by atoms with Crippen LogP contribution in [0, 0.1) is 0 Å². The zero-order chi connectivity index (χ0) is 14.6. The Morgan fingerprint density at radius 2 is 1.65 bits per heavy atom. The molecule has 2 aromatic carbocycles. The molecule has 0 aromatic heterocycles. The number of rotatable bonds is 5. The highest BCUT2D eigenvalue weighted by Crippen LogP contribution is 2.21. The van der Waals surface area contributed by atoms with E-state index in [2.05, 4.69) is 68.2 Å². The summed E-state index contributed by atoms with van der Waals surface area (Å²) in [7, 11) is -1.43. The predicted octanol–water partition coefficient (Wildman–Crippen LogP) is 4.90. The molecule has 0 bridgehead atoms. The lowest BCUT2D eigenvalue weighted by Gasteiger charge is -2.22. The van der Waals surface area contributed by atoms with Gasteiger partial charge in [0, 0.05) is 5.88 Å². The molecule has 2 rings (SSSR count). The molecule has 104 valence electrons. The summed E-state index contributed by atoms with van der Waals surface area (Å²) in [5.74, 6) is 0.739. The van der Waals surface area contributed by atoms with E-state index in [1.165, 1.54) is 16.3 Å². The molecule has 0 aliphatic heterocycles. The van der Waals surface area contributed by atoms with Crippen molar-refractivity contribution in [2.45, 2.75) is 19.1 Å². The molecule has 0 nitrogen and oxygen atoms in total. The number of halogens is 1. The number of benzene rings is 2. The van der Waals surface area contributed by atoms with Gasteiger partial charge in [0.2, 0.25) is 0 Å². The zero-order valence-corrected chi connectivity index (χ0v) is 14.0. The van der Waals surface area contributed by atoms with Crippen molar-refractivity contribution in [1.82, 2.24) is 0 Å². The minimum absolute atomic E-state index is 0.739. The third-order valence-electron chi connectivity index (χ3n) is 3.83. The molecule has 20 heavy (non-hydrogen) atoms. The maximum absolute atomic E-state index is 5.95. The molecule has 0 aliphatic rings. The first-order chi connectivity index (χ1) is 9.54. The predicted molar refractivity (Wildman–Crippen MR) is 93.7 cm³/mol. The maximum atomic E-state index is 5.95. The molecule has 0 unspecified atom stereocenters. The van der Waals surface area contributed by atoms with E-state index in [1.54, 1.807) is 0 Å². The molecule has 0 heterocycles. The fraction of sp³-hybridized carbons (Fsp3) is 0.222. The molecule has 0 fully saturated rings. The van der Waals surface area contributed by atoms with E-state index in [9.17, 15) is 0 Å². The third kappa shape index (κ3) is 3.41. The van der Waals surface area contributed by atoms with Gasteiger partial charge in [-0.05, 0) is 22.7 Å². The van der Waals surface area contributed by atoms with Gasteiger partial charge in [-0.3, -0.25) is 0 Å². The van der Waals surface area contributed by atoms with E-state index in [0.29, 0.717) is 0 Å². The molecule has 0 aliphatic carbocycles. The van der Waals surface area contributed by atoms with Crippen LogP contribution in [0.25, 0.3) is 5.57 Å². The van der Waals surface area contributed by atoms with E-state index < -0.39 is 8.07 Å². The van der Waals surface area contributed by atoms with E-state index in [4.69, 9.17) is 11.6 Å². The van der Waals surface area contributed by atoms with Gasteiger partial charge >= 0.3 is 0 Å². The molecule has 0 radical (unpaired) electrons. The monoisotopic (exact) mass is 300 g/mol. The average Bonchev–Trinajstić information content (AvgIpc) is 2.47. The highest BCUT2D eigenvalue weighted by Gasteiger charge is 2.22. The largest absolute Gasteiger partial charge is 0.127 e. The molecule has 0 saturated heterocycles. The van der Waals surface area contributed by atoms with Crippen LogP contribution in [0.2, 0.25) is 19.1 Å². The normalized spacial score (nSPS) is 11.3. The lowest BCUT2D eigenvalue weighted by molar-refractivity contribution is 1.38. The van der Waals surface area contributed by atoms with Crippen LogP contribution in [0.4, 0.5) is 0 Å². The quantitative estimate of drug-likeness (QED) is 0.544. The van der Waals surface area contributed by atoms with Crippen molar-refractivity contribution >= 4 is 30.4 Å². The van der Waals surface area contributed by atoms with E-state index in [0.717, 1.165) is 17.5 Å². The van der Waals surface area contributed by atoms with Crippen LogP contribution in [0.15, 0.2) is 61.2 Å². The van der Waals surface area contributed by atoms with Crippen molar-refractivity contribution in [3.63, 3.8) is 0 Å².